The molecule has 182 valence electrons. The van der Waals surface area contributed by atoms with E-state index in [1.807, 2.05) is 24.3 Å². The molecule has 6 heteroatoms. The van der Waals surface area contributed by atoms with Crippen molar-refractivity contribution in [3.8, 4) is 23.1 Å². The third-order valence-electron chi connectivity index (χ3n) is 7.47. The van der Waals surface area contributed by atoms with Crippen molar-refractivity contribution in [3.05, 3.63) is 83.2 Å². The summed E-state index contributed by atoms with van der Waals surface area (Å²) in [6.07, 6.45) is 5.49. The van der Waals surface area contributed by atoms with Gasteiger partial charge in [0.25, 0.3) is 0 Å². The summed E-state index contributed by atoms with van der Waals surface area (Å²) in [6.45, 7) is 3.95. The summed E-state index contributed by atoms with van der Waals surface area (Å²) in [7, 11) is 0. The molecule has 0 radical (unpaired) electrons. The summed E-state index contributed by atoms with van der Waals surface area (Å²) in [5.74, 6) is 0.677. The van der Waals surface area contributed by atoms with E-state index >= 15 is 0 Å². The summed E-state index contributed by atoms with van der Waals surface area (Å²) < 4.78 is 7.35. The van der Waals surface area contributed by atoms with Crippen LogP contribution in [0, 0.1) is 17.2 Å². The number of hydrogen-bond donors (Lipinski definition) is 0. The molecular weight excluding hydrogens is 450 g/mol. The Labute approximate surface area is 211 Å². The number of rotatable bonds is 6. The minimum absolute atomic E-state index is 0.0624. The van der Waals surface area contributed by atoms with E-state index in [2.05, 4.69) is 54.0 Å². The van der Waals surface area contributed by atoms with Crippen LogP contribution in [-0.4, -0.2) is 27.9 Å². The van der Waals surface area contributed by atoms with E-state index < -0.39 is 5.41 Å². The van der Waals surface area contributed by atoms with Gasteiger partial charge in [-0.25, -0.2) is 4.98 Å². The van der Waals surface area contributed by atoms with Crippen LogP contribution in [0.3, 0.4) is 0 Å². The fraction of sp³-hybridized carbons (Fsp3) is 0.333. The third-order valence-corrected chi connectivity index (χ3v) is 7.47. The van der Waals surface area contributed by atoms with Crippen molar-refractivity contribution >= 4 is 11.8 Å². The number of nitrogens with zero attached hydrogens (tertiary/aromatic N) is 3. The first-order valence-corrected chi connectivity index (χ1v) is 12.5. The fourth-order valence-corrected chi connectivity index (χ4v) is 5.63. The van der Waals surface area contributed by atoms with Crippen LogP contribution >= 0.6 is 0 Å². The molecule has 0 saturated heterocycles. The summed E-state index contributed by atoms with van der Waals surface area (Å²) >= 11 is 0. The van der Waals surface area contributed by atoms with Crippen LogP contribution in [0.2, 0.25) is 0 Å². The van der Waals surface area contributed by atoms with Crippen molar-refractivity contribution in [1.29, 1.82) is 5.26 Å². The van der Waals surface area contributed by atoms with E-state index in [1.165, 1.54) is 6.92 Å². The van der Waals surface area contributed by atoms with Crippen LogP contribution in [0.5, 0.6) is 0 Å². The molecule has 3 aromatic rings. The molecule has 2 atom stereocenters. The first-order chi connectivity index (χ1) is 17.4. The zero-order chi connectivity index (χ0) is 25.3. The zero-order valence-corrected chi connectivity index (χ0v) is 20.7. The Balaban J connectivity index is 1.62. The van der Waals surface area contributed by atoms with E-state index in [0.717, 1.165) is 59.7 Å². The number of nitriles is 1. The second-order valence-corrected chi connectivity index (χ2v) is 9.86. The Bertz CT molecular complexity index is 1400. The molecule has 5 rings (SSSR count). The standard InChI is InChI=1S/C30H29N3O3/c1-20(34)36-15-7-9-21-8-6-12-25(16-21)33-26-14-13-24-17-27(35)23(19-31)18-30(24,2)28(26)32-29(33)22-10-4-3-5-11-22/h3-6,8,10-12,16,18,24H,7,9,13-15,17H2,1-2H3. The van der Waals surface area contributed by atoms with Crippen molar-refractivity contribution in [2.45, 2.75) is 51.4 Å². The van der Waals surface area contributed by atoms with Crippen LogP contribution in [0.4, 0.5) is 0 Å². The number of imidazole rings is 1. The second-order valence-electron chi connectivity index (χ2n) is 9.86. The number of allylic oxidation sites excluding steroid dienone is 2. The smallest absolute Gasteiger partial charge is 0.302 e. The number of benzene rings is 2. The van der Waals surface area contributed by atoms with Gasteiger partial charge in [0.15, 0.2) is 5.78 Å². The summed E-state index contributed by atoms with van der Waals surface area (Å²) in [5, 5.41) is 9.59. The molecule has 2 aliphatic rings. The quantitative estimate of drug-likeness (QED) is 0.355. The van der Waals surface area contributed by atoms with Crippen molar-refractivity contribution in [3.63, 3.8) is 0 Å². The summed E-state index contributed by atoms with van der Waals surface area (Å²) in [5.41, 5.74) is 5.08. The fourth-order valence-electron chi connectivity index (χ4n) is 5.63. The van der Waals surface area contributed by atoms with Gasteiger partial charge in [0.2, 0.25) is 0 Å². The van der Waals surface area contributed by atoms with Crippen molar-refractivity contribution in [2.75, 3.05) is 6.61 Å². The van der Waals surface area contributed by atoms with Crippen molar-refractivity contribution in [2.24, 2.45) is 5.92 Å². The summed E-state index contributed by atoms with van der Waals surface area (Å²) in [6, 6.07) is 20.7. The minimum Gasteiger partial charge on any atom is -0.466 e. The zero-order valence-electron chi connectivity index (χ0n) is 20.7. The van der Waals surface area contributed by atoms with Crippen LogP contribution in [0.25, 0.3) is 17.1 Å². The lowest BCUT2D eigenvalue weighted by Gasteiger charge is -2.41. The first-order valence-electron chi connectivity index (χ1n) is 12.5. The average molecular weight is 480 g/mol. The monoisotopic (exact) mass is 479 g/mol. The van der Waals surface area contributed by atoms with Gasteiger partial charge in [-0.05, 0) is 49.3 Å². The van der Waals surface area contributed by atoms with Crippen LogP contribution in [-0.2, 0) is 32.6 Å². The molecule has 0 spiro atoms. The second kappa shape index (κ2) is 9.58. The predicted molar refractivity (Wildman–Crippen MR) is 136 cm³/mol. The molecule has 0 saturated carbocycles. The molecule has 0 aliphatic heterocycles. The summed E-state index contributed by atoms with van der Waals surface area (Å²) in [4.78, 5) is 28.8. The molecule has 1 aromatic heterocycles. The van der Waals surface area contributed by atoms with Gasteiger partial charge in [-0.3, -0.25) is 14.2 Å². The van der Waals surface area contributed by atoms with Gasteiger partial charge in [-0.15, -0.1) is 0 Å². The van der Waals surface area contributed by atoms with Gasteiger partial charge in [-0.2, -0.15) is 5.26 Å². The lowest BCUT2D eigenvalue weighted by molar-refractivity contribution is -0.141. The Morgan fingerprint density at radius 1 is 1.22 bits per heavy atom. The number of ketones is 1. The maximum atomic E-state index is 12.5. The highest BCUT2D eigenvalue weighted by Crippen LogP contribution is 2.48. The molecule has 6 nitrogen and oxygen atoms in total. The third kappa shape index (κ3) is 4.26. The van der Waals surface area contributed by atoms with Crippen LogP contribution in [0.1, 0.15) is 50.1 Å². The van der Waals surface area contributed by atoms with Gasteiger partial charge < -0.3 is 4.74 Å². The molecule has 0 fully saturated rings. The number of ether oxygens (including phenoxy) is 1. The van der Waals surface area contributed by atoms with Crippen LogP contribution in [0.15, 0.2) is 66.2 Å². The van der Waals surface area contributed by atoms with Gasteiger partial charge in [-0.1, -0.05) is 55.5 Å². The number of esters is 1. The molecule has 1 heterocycles. The lowest BCUT2D eigenvalue weighted by atomic mass is 9.62. The number of carbonyl (C=O) groups excluding carboxylic acids is 2. The van der Waals surface area contributed by atoms with Crippen LogP contribution < -0.4 is 0 Å². The first kappa shape index (κ1) is 23.7. The number of Topliss-reactive ketones (excluding diaryl/α,β-unsaturated/α-hetero) is 1. The molecule has 36 heavy (non-hydrogen) atoms. The highest BCUT2D eigenvalue weighted by atomic mass is 16.5. The van der Waals surface area contributed by atoms with Gasteiger partial charge in [0, 0.05) is 35.7 Å². The van der Waals surface area contributed by atoms with E-state index in [4.69, 9.17) is 9.72 Å². The van der Waals surface area contributed by atoms with Crippen molar-refractivity contribution in [1.82, 2.24) is 9.55 Å². The number of aromatic nitrogens is 2. The van der Waals surface area contributed by atoms with Gasteiger partial charge >= 0.3 is 5.97 Å². The van der Waals surface area contributed by atoms with Crippen molar-refractivity contribution < 1.29 is 14.3 Å². The topological polar surface area (TPSA) is 85.0 Å². The SMILES string of the molecule is CC(=O)OCCCc1cccc(-n2c(-c3ccccc3)nc3c2CCC2CC(=O)C(C#N)=CC32C)c1. The Hall–Kier alpha value is -3.98. The largest absolute Gasteiger partial charge is 0.466 e. The molecule has 2 aromatic carbocycles. The van der Waals surface area contributed by atoms with E-state index in [-0.39, 0.29) is 23.2 Å². The molecule has 2 aliphatic carbocycles. The number of aryl methyl sites for hydroxylation is 1. The number of hydrogen-bond acceptors (Lipinski definition) is 5. The average Bonchev–Trinajstić information content (AvgIpc) is 3.28. The Kier molecular flexibility index (Phi) is 6.32. The molecule has 2 unspecified atom stereocenters. The maximum absolute atomic E-state index is 12.5. The van der Waals surface area contributed by atoms with E-state index in [9.17, 15) is 14.9 Å². The van der Waals surface area contributed by atoms with E-state index in [1.54, 1.807) is 0 Å². The predicted octanol–water partition coefficient (Wildman–Crippen LogP) is 5.28. The highest BCUT2D eigenvalue weighted by Gasteiger charge is 2.47. The highest BCUT2D eigenvalue weighted by molar-refractivity contribution is 6.00. The number of carbonyl (C=O) groups is 2. The Morgan fingerprint density at radius 2 is 2.03 bits per heavy atom. The van der Waals surface area contributed by atoms with Gasteiger partial charge in [0.05, 0.1) is 17.9 Å². The van der Waals surface area contributed by atoms with Gasteiger partial charge in [0.1, 0.15) is 11.9 Å². The van der Waals surface area contributed by atoms with E-state index in [0.29, 0.717) is 13.0 Å². The Morgan fingerprint density at radius 3 is 2.78 bits per heavy atom. The molecular formula is C30H29N3O3. The maximum Gasteiger partial charge on any atom is 0.302 e. The molecule has 0 bridgehead atoms. The normalized spacial score (nSPS) is 20.6. The minimum atomic E-state index is -0.469. The lowest BCUT2D eigenvalue weighted by Crippen LogP contribution is -2.40. The molecule has 0 amide bonds. The number of fused-ring (bicyclic) bond motifs is 3. The molecule has 0 N–H and O–H groups in total.